The Bertz CT molecular complexity index is 191. The van der Waals surface area contributed by atoms with Crippen molar-refractivity contribution in [2.24, 2.45) is 11.7 Å². The largest absolute Gasteiger partial charge is 0.393 e. The Morgan fingerprint density at radius 2 is 1.83 bits per heavy atom. The lowest BCUT2D eigenvalue weighted by Gasteiger charge is -2.24. The van der Waals surface area contributed by atoms with Crippen LogP contribution in [0.2, 0.25) is 0 Å². The summed E-state index contributed by atoms with van der Waals surface area (Å²) in [4.78, 5) is 13.4. The molecule has 2 N–H and O–H groups in total. The van der Waals surface area contributed by atoms with Crippen LogP contribution in [0.4, 0.5) is 0 Å². The zero-order chi connectivity index (χ0) is 9.89. The number of thiocarbonyl (C=S) groups is 1. The van der Waals surface area contributed by atoms with Gasteiger partial charge in [-0.2, -0.15) is 0 Å². The molecule has 0 spiro atoms. The zero-order valence-corrected chi connectivity index (χ0v) is 8.81. The number of rotatable bonds is 3. The summed E-state index contributed by atoms with van der Waals surface area (Å²) in [5.41, 5.74) is 5.36. The number of carbonyl (C=O) groups excluding carboxylic acids is 1. The summed E-state index contributed by atoms with van der Waals surface area (Å²) in [5.74, 6) is -0.370. The minimum absolute atomic E-state index is 0.0162. The van der Waals surface area contributed by atoms with Crippen molar-refractivity contribution < 1.29 is 4.79 Å². The van der Waals surface area contributed by atoms with Crippen molar-refractivity contribution >= 4 is 23.1 Å². The lowest BCUT2D eigenvalue weighted by Crippen LogP contribution is -2.40. The summed E-state index contributed by atoms with van der Waals surface area (Å²) in [6.07, 6.45) is 0. The molecule has 12 heavy (non-hydrogen) atoms. The molecule has 3 nitrogen and oxygen atoms in total. The molecule has 0 radical (unpaired) electrons. The maximum absolute atomic E-state index is 11.5. The van der Waals surface area contributed by atoms with Gasteiger partial charge >= 0.3 is 0 Å². The summed E-state index contributed by atoms with van der Waals surface area (Å²) in [7, 11) is 1.75. The van der Waals surface area contributed by atoms with E-state index in [4.69, 9.17) is 18.0 Å². The highest BCUT2D eigenvalue weighted by Gasteiger charge is 2.20. The van der Waals surface area contributed by atoms with Crippen molar-refractivity contribution in [3.05, 3.63) is 0 Å². The molecule has 0 fully saturated rings. The van der Waals surface area contributed by atoms with Crippen molar-refractivity contribution in [2.75, 3.05) is 7.05 Å². The maximum Gasteiger partial charge on any atom is 0.232 e. The smallest absolute Gasteiger partial charge is 0.232 e. The second-order valence-corrected chi connectivity index (χ2v) is 3.64. The number of nitrogens with two attached hydrogens (primary N) is 1. The van der Waals surface area contributed by atoms with Gasteiger partial charge in [-0.15, -0.1) is 0 Å². The Labute approximate surface area is 78.9 Å². The minimum Gasteiger partial charge on any atom is -0.393 e. The quantitative estimate of drug-likeness (QED) is 0.666. The van der Waals surface area contributed by atoms with Gasteiger partial charge in [-0.3, -0.25) is 4.79 Å². The maximum atomic E-state index is 11.5. The van der Waals surface area contributed by atoms with Gasteiger partial charge in [0.15, 0.2) is 0 Å². The van der Waals surface area contributed by atoms with Crippen LogP contribution in [0.3, 0.4) is 0 Å². The van der Waals surface area contributed by atoms with Crippen molar-refractivity contribution in [3.8, 4) is 0 Å². The monoisotopic (exact) mass is 188 g/mol. The molecule has 0 aromatic heterocycles. The number of carbonyl (C=O) groups is 1. The van der Waals surface area contributed by atoms with E-state index in [1.165, 1.54) is 0 Å². The molecule has 0 aromatic carbocycles. The Hall–Kier alpha value is -0.640. The Kier molecular flexibility index (Phi) is 4.17. The molecule has 0 aliphatic heterocycles. The van der Waals surface area contributed by atoms with Gasteiger partial charge in [0.05, 0.1) is 10.9 Å². The topological polar surface area (TPSA) is 46.3 Å². The van der Waals surface area contributed by atoms with Crippen LogP contribution in [-0.2, 0) is 4.79 Å². The minimum atomic E-state index is -0.354. The first kappa shape index (κ1) is 11.4. The second-order valence-electron chi connectivity index (χ2n) is 3.17. The third-order valence-electron chi connectivity index (χ3n) is 1.92. The van der Waals surface area contributed by atoms with Crippen LogP contribution in [-0.4, -0.2) is 28.9 Å². The molecule has 0 heterocycles. The van der Waals surface area contributed by atoms with Crippen LogP contribution in [0.15, 0.2) is 0 Å². The molecule has 0 saturated heterocycles. The molecular weight excluding hydrogens is 172 g/mol. The molecule has 70 valence electrons. The summed E-state index contributed by atoms with van der Waals surface area (Å²) in [6, 6.07) is 0.189. The van der Waals surface area contributed by atoms with Gasteiger partial charge in [0, 0.05) is 13.1 Å². The Morgan fingerprint density at radius 3 is 2.08 bits per heavy atom. The van der Waals surface area contributed by atoms with Crippen LogP contribution >= 0.6 is 12.2 Å². The molecule has 1 unspecified atom stereocenters. The molecule has 0 aromatic rings. The van der Waals surface area contributed by atoms with Crippen LogP contribution < -0.4 is 5.73 Å². The highest BCUT2D eigenvalue weighted by atomic mass is 32.1. The molecule has 0 aliphatic carbocycles. The van der Waals surface area contributed by atoms with E-state index in [2.05, 4.69) is 0 Å². The molecule has 0 bridgehead atoms. The SMILES string of the molecule is CC(C(=O)N(C)C(C)C)C(N)=S. The van der Waals surface area contributed by atoms with E-state index < -0.39 is 0 Å². The fourth-order valence-electron chi connectivity index (χ4n) is 0.682. The highest BCUT2D eigenvalue weighted by molar-refractivity contribution is 7.80. The van der Waals surface area contributed by atoms with Gasteiger partial charge in [0.2, 0.25) is 5.91 Å². The molecule has 4 heteroatoms. The van der Waals surface area contributed by atoms with Gasteiger partial charge in [-0.05, 0) is 20.8 Å². The Morgan fingerprint density at radius 1 is 1.42 bits per heavy atom. The van der Waals surface area contributed by atoms with E-state index >= 15 is 0 Å². The number of amides is 1. The zero-order valence-electron chi connectivity index (χ0n) is 8.00. The lowest BCUT2D eigenvalue weighted by atomic mass is 10.1. The van der Waals surface area contributed by atoms with Crippen molar-refractivity contribution in [1.29, 1.82) is 0 Å². The van der Waals surface area contributed by atoms with E-state index in [-0.39, 0.29) is 22.9 Å². The fraction of sp³-hybridized carbons (Fsp3) is 0.750. The second kappa shape index (κ2) is 4.40. The average molecular weight is 188 g/mol. The van der Waals surface area contributed by atoms with Crippen LogP contribution in [0.25, 0.3) is 0 Å². The number of hydrogen-bond donors (Lipinski definition) is 1. The average Bonchev–Trinajstić information content (AvgIpc) is 2.00. The lowest BCUT2D eigenvalue weighted by molar-refractivity contribution is -0.133. The van der Waals surface area contributed by atoms with E-state index in [0.717, 1.165) is 0 Å². The number of hydrogen-bond acceptors (Lipinski definition) is 2. The van der Waals surface area contributed by atoms with Gasteiger partial charge in [0.25, 0.3) is 0 Å². The van der Waals surface area contributed by atoms with Gasteiger partial charge in [-0.25, -0.2) is 0 Å². The molecule has 1 amide bonds. The van der Waals surface area contributed by atoms with Crippen LogP contribution in [0, 0.1) is 5.92 Å². The van der Waals surface area contributed by atoms with Gasteiger partial charge in [-0.1, -0.05) is 12.2 Å². The van der Waals surface area contributed by atoms with E-state index in [0.29, 0.717) is 0 Å². The standard InChI is InChI=1S/C8H16N2OS/c1-5(2)10(4)8(11)6(3)7(9)12/h5-6H,1-4H3,(H2,9,12). The predicted molar refractivity (Wildman–Crippen MR) is 53.9 cm³/mol. The first-order chi connectivity index (χ1) is 5.37. The number of nitrogens with zero attached hydrogens (tertiary/aromatic N) is 1. The van der Waals surface area contributed by atoms with Gasteiger partial charge in [0.1, 0.15) is 0 Å². The molecular formula is C8H16N2OS. The van der Waals surface area contributed by atoms with Crippen LogP contribution in [0.1, 0.15) is 20.8 Å². The Balaban J connectivity index is 4.29. The van der Waals surface area contributed by atoms with E-state index in [1.807, 2.05) is 13.8 Å². The van der Waals surface area contributed by atoms with E-state index in [9.17, 15) is 4.79 Å². The van der Waals surface area contributed by atoms with Crippen molar-refractivity contribution in [3.63, 3.8) is 0 Å². The summed E-state index contributed by atoms with van der Waals surface area (Å²) >= 11 is 4.73. The normalized spacial score (nSPS) is 12.8. The van der Waals surface area contributed by atoms with Crippen molar-refractivity contribution in [1.82, 2.24) is 4.90 Å². The first-order valence-corrected chi connectivity index (χ1v) is 4.34. The third kappa shape index (κ3) is 2.77. The van der Waals surface area contributed by atoms with Gasteiger partial charge < -0.3 is 10.6 Å². The van der Waals surface area contributed by atoms with E-state index in [1.54, 1.807) is 18.9 Å². The molecule has 0 aliphatic rings. The van der Waals surface area contributed by atoms with Crippen molar-refractivity contribution in [2.45, 2.75) is 26.8 Å². The third-order valence-corrected chi connectivity index (χ3v) is 2.27. The highest BCUT2D eigenvalue weighted by Crippen LogP contribution is 2.04. The summed E-state index contributed by atoms with van der Waals surface area (Å²) in [5, 5.41) is 0. The summed E-state index contributed by atoms with van der Waals surface area (Å²) in [6.45, 7) is 5.62. The predicted octanol–water partition coefficient (Wildman–Crippen LogP) is 0.775. The fourth-order valence-corrected chi connectivity index (χ4v) is 0.782. The molecule has 0 saturated carbocycles. The molecule has 0 rings (SSSR count). The first-order valence-electron chi connectivity index (χ1n) is 3.94. The molecule has 1 atom stereocenters. The summed E-state index contributed by atoms with van der Waals surface area (Å²) < 4.78 is 0. The van der Waals surface area contributed by atoms with Crippen LogP contribution in [0.5, 0.6) is 0 Å².